The second kappa shape index (κ2) is 12.4. The molecular formula is C29H28N2O6. The van der Waals surface area contributed by atoms with Crippen LogP contribution in [0, 0.1) is 6.92 Å². The quantitative estimate of drug-likeness (QED) is 0.200. The van der Waals surface area contributed by atoms with E-state index < -0.39 is 11.9 Å². The molecule has 190 valence electrons. The minimum atomic E-state index is -0.905. The number of aliphatic carboxylic acids is 1. The Morgan fingerprint density at radius 2 is 1.73 bits per heavy atom. The molecule has 37 heavy (non-hydrogen) atoms. The van der Waals surface area contributed by atoms with Gasteiger partial charge in [0.2, 0.25) is 0 Å². The molecule has 0 fully saturated rings. The van der Waals surface area contributed by atoms with Gasteiger partial charge in [-0.25, -0.2) is 0 Å². The third-order valence-corrected chi connectivity index (χ3v) is 5.73. The fourth-order valence-electron chi connectivity index (χ4n) is 3.86. The van der Waals surface area contributed by atoms with Crippen LogP contribution in [0.15, 0.2) is 94.8 Å². The van der Waals surface area contributed by atoms with Gasteiger partial charge in [-0.3, -0.25) is 4.79 Å². The van der Waals surface area contributed by atoms with E-state index >= 15 is 0 Å². The Morgan fingerprint density at radius 3 is 2.38 bits per heavy atom. The molecule has 1 unspecified atom stereocenters. The second-order valence-corrected chi connectivity index (χ2v) is 8.46. The zero-order valence-electron chi connectivity index (χ0n) is 20.7. The van der Waals surface area contributed by atoms with Crippen molar-refractivity contribution in [3.63, 3.8) is 0 Å². The number of carboxylic acid groups (broad SMARTS) is 1. The SMILES string of the molecule is CO/N=C(\COc1ccc(COc2ccc(C(CC(=O)O)c3ccon3)cc2)cc1)c1cccc(C)c1. The maximum absolute atomic E-state index is 11.3. The molecule has 0 aliphatic heterocycles. The number of hydrogen-bond acceptors (Lipinski definition) is 7. The number of oxime groups is 1. The van der Waals surface area contributed by atoms with E-state index in [9.17, 15) is 9.90 Å². The van der Waals surface area contributed by atoms with Crippen molar-refractivity contribution in [2.75, 3.05) is 13.7 Å². The van der Waals surface area contributed by atoms with E-state index in [1.54, 1.807) is 6.07 Å². The summed E-state index contributed by atoms with van der Waals surface area (Å²) in [4.78, 5) is 16.3. The van der Waals surface area contributed by atoms with Gasteiger partial charge in [0.25, 0.3) is 0 Å². The number of ether oxygens (including phenoxy) is 2. The maximum Gasteiger partial charge on any atom is 0.304 e. The first-order chi connectivity index (χ1) is 18.0. The lowest BCUT2D eigenvalue weighted by Crippen LogP contribution is -2.13. The van der Waals surface area contributed by atoms with Crippen LogP contribution in [-0.2, 0) is 16.2 Å². The molecule has 4 rings (SSSR count). The van der Waals surface area contributed by atoms with Crippen molar-refractivity contribution in [2.45, 2.75) is 25.9 Å². The molecular weight excluding hydrogens is 472 g/mol. The van der Waals surface area contributed by atoms with Gasteiger partial charge in [0.05, 0.1) is 12.1 Å². The van der Waals surface area contributed by atoms with Crippen molar-refractivity contribution in [2.24, 2.45) is 5.16 Å². The van der Waals surface area contributed by atoms with Crippen molar-refractivity contribution in [1.29, 1.82) is 0 Å². The molecule has 0 saturated heterocycles. The molecule has 0 radical (unpaired) electrons. The van der Waals surface area contributed by atoms with Crippen LogP contribution in [0.4, 0.5) is 0 Å². The Balaban J connectivity index is 1.32. The molecule has 1 atom stereocenters. The first kappa shape index (κ1) is 25.5. The molecule has 0 spiro atoms. The number of benzene rings is 3. The highest BCUT2D eigenvalue weighted by molar-refractivity contribution is 6.01. The number of nitrogens with zero attached hydrogens (tertiary/aromatic N) is 2. The highest BCUT2D eigenvalue weighted by atomic mass is 16.6. The molecule has 3 aromatic carbocycles. The number of carbonyl (C=O) groups is 1. The summed E-state index contributed by atoms with van der Waals surface area (Å²) in [6, 6.07) is 24.7. The van der Waals surface area contributed by atoms with Crippen molar-refractivity contribution in [1.82, 2.24) is 5.16 Å². The van der Waals surface area contributed by atoms with Crippen LogP contribution in [0.1, 0.15) is 40.3 Å². The van der Waals surface area contributed by atoms with Crippen molar-refractivity contribution >= 4 is 11.7 Å². The highest BCUT2D eigenvalue weighted by Crippen LogP contribution is 2.28. The Morgan fingerprint density at radius 1 is 1.00 bits per heavy atom. The van der Waals surface area contributed by atoms with Gasteiger partial charge in [-0.2, -0.15) is 0 Å². The van der Waals surface area contributed by atoms with E-state index in [1.807, 2.05) is 79.7 Å². The normalized spacial score (nSPS) is 12.1. The van der Waals surface area contributed by atoms with E-state index in [-0.39, 0.29) is 13.0 Å². The van der Waals surface area contributed by atoms with Gasteiger partial charge in [-0.05, 0) is 48.4 Å². The summed E-state index contributed by atoms with van der Waals surface area (Å²) in [5.41, 5.74) is 5.18. The maximum atomic E-state index is 11.3. The van der Waals surface area contributed by atoms with Gasteiger partial charge < -0.3 is 23.9 Å². The van der Waals surface area contributed by atoms with Crippen molar-refractivity contribution in [3.8, 4) is 11.5 Å². The predicted octanol–water partition coefficient (Wildman–Crippen LogP) is 5.60. The summed E-state index contributed by atoms with van der Waals surface area (Å²) < 4.78 is 16.7. The van der Waals surface area contributed by atoms with Crippen LogP contribution < -0.4 is 9.47 Å². The fraction of sp³-hybridized carbons (Fsp3) is 0.207. The largest absolute Gasteiger partial charge is 0.489 e. The molecule has 1 aromatic heterocycles. The third kappa shape index (κ3) is 7.20. The Bertz CT molecular complexity index is 1320. The molecule has 8 heteroatoms. The van der Waals surface area contributed by atoms with Crippen LogP contribution in [0.2, 0.25) is 0 Å². The van der Waals surface area contributed by atoms with Gasteiger partial charge in [0, 0.05) is 17.5 Å². The topological polar surface area (TPSA) is 103 Å². The molecule has 0 aliphatic carbocycles. The fourth-order valence-corrected chi connectivity index (χ4v) is 3.86. The molecule has 0 amide bonds. The van der Waals surface area contributed by atoms with Gasteiger partial charge >= 0.3 is 5.97 Å². The Labute approximate surface area is 215 Å². The molecule has 0 saturated carbocycles. The minimum Gasteiger partial charge on any atom is -0.489 e. The van der Waals surface area contributed by atoms with Gasteiger partial charge in [-0.1, -0.05) is 58.3 Å². The second-order valence-electron chi connectivity index (χ2n) is 8.46. The molecule has 0 aliphatic rings. The van der Waals surface area contributed by atoms with Gasteiger partial charge in [0.15, 0.2) is 0 Å². The lowest BCUT2D eigenvalue weighted by atomic mass is 9.92. The van der Waals surface area contributed by atoms with Gasteiger partial charge in [0.1, 0.15) is 43.8 Å². The van der Waals surface area contributed by atoms with Crippen molar-refractivity contribution in [3.05, 3.63) is 113 Å². The third-order valence-electron chi connectivity index (χ3n) is 5.73. The summed E-state index contributed by atoms with van der Waals surface area (Å²) in [6.45, 7) is 2.68. The number of carboxylic acids is 1. The summed E-state index contributed by atoms with van der Waals surface area (Å²) in [5.74, 6) is 0.0927. The summed E-state index contributed by atoms with van der Waals surface area (Å²) >= 11 is 0. The van der Waals surface area contributed by atoms with Crippen LogP contribution in [0.5, 0.6) is 11.5 Å². The highest BCUT2D eigenvalue weighted by Gasteiger charge is 2.20. The monoisotopic (exact) mass is 500 g/mol. The van der Waals surface area contributed by atoms with Gasteiger partial charge in [-0.15, -0.1) is 0 Å². The number of aromatic nitrogens is 1. The summed E-state index contributed by atoms with van der Waals surface area (Å²) in [5, 5.41) is 17.3. The van der Waals surface area contributed by atoms with Crippen LogP contribution in [0.25, 0.3) is 0 Å². The average molecular weight is 501 g/mol. The van der Waals surface area contributed by atoms with E-state index in [0.717, 1.165) is 22.3 Å². The smallest absolute Gasteiger partial charge is 0.304 e. The number of aryl methyl sites for hydroxylation is 1. The van der Waals surface area contributed by atoms with Crippen LogP contribution in [-0.4, -0.2) is 35.7 Å². The number of rotatable bonds is 12. The summed E-state index contributed by atoms with van der Waals surface area (Å²) in [7, 11) is 1.52. The van der Waals surface area contributed by atoms with E-state index in [0.29, 0.717) is 29.5 Å². The zero-order chi connectivity index (χ0) is 26.0. The Kier molecular flexibility index (Phi) is 8.54. The molecule has 1 heterocycles. The lowest BCUT2D eigenvalue weighted by molar-refractivity contribution is -0.137. The number of hydrogen-bond donors (Lipinski definition) is 1. The minimum absolute atomic E-state index is 0.0784. The first-order valence-corrected chi connectivity index (χ1v) is 11.8. The Hall–Kier alpha value is -4.59. The standard InChI is InChI=1S/C29H28N2O6/c1-20-4-3-5-23(16-20)28(30-34-2)19-36-24-10-6-21(7-11-24)18-35-25-12-8-22(9-13-25)26(17-29(32)33)27-14-15-37-31-27/h3-16,26H,17-19H2,1-2H3,(H,32,33)/b30-28+. The van der Waals surface area contributed by atoms with Crippen LogP contribution in [0.3, 0.4) is 0 Å². The van der Waals surface area contributed by atoms with E-state index in [1.165, 1.54) is 13.4 Å². The first-order valence-electron chi connectivity index (χ1n) is 11.8. The lowest BCUT2D eigenvalue weighted by Gasteiger charge is -2.13. The van der Waals surface area contributed by atoms with E-state index in [4.69, 9.17) is 18.8 Å². The zero-order valence-corrected chi connectivity index (χ0v) is 20.7. The molecule has 1 N–H and O–H groups in total. The van der Waals surface area contributed by atoms with Crippen molar-refractivity contribution < 1.29 is 28.7 Å². The predicted molar refractivity (Wildman–Crippen MR) is 138 cm³/mol. The van der Waals surface area contributed by atoms with E-state index in [2.05, 4.69) is 10.3 Å². The molecule has 8 nitrogen and oxygen atoms in total. The average Bonchev–Trinajstić information content (AvgIpc) is 3.44. The summed E-state index contributed by atoms with van der Waals surface area (Å²) in [6.07, 6.45) is 1.36. The molecule has 0 bridgehead atoms. The molecule has 4 aromatic rings. The van der Waals surface area contributed by atoms with Crippen LogP contribution >= 0.6 is 0 Å².